The molecule has 0 aromatic heterocycles. The van der Waals surface area contributed by atoms with Crippen molar-refractivity contribution in [2.45, 2.75) is 18.9 Å². The van der Waals surface area contributed by atoms with E-state index in [1.165, 1.54) is 6.42 Å². The van der Waals surface area contributed by atoms with Crippen LogP contribution in [0, 0.1) is 11.8 Å². The molecule has 3 atom stereocenters. The van der Waals surface area contributed by atoms with Gasteiger partial charge in [0.15, 0.2) is 0 Å². The first-order chi connectivity index (χ1) is 9.29. The van der Waals surface area contributed by atoms with Crippen LogP contribution < -0.4 is 10.5 Å². The molecule has 2 N–H and O–H groups in total. The van der Waals surface area contributed by atoms with E-state index in [1.54, 1.807) is 0 Å². The first-order valence-corrected chi connectivity index (χ1v) is 6.93. The van der Waals surface area contributed by atoms with E-state index >= 15 is 0 Å². The number of ether oxygens (including phenoxy) is 1. The second kappa shape index (κ2) is 4.02. The number of anilines is 1. The van der Waals surface area contributed by atoms with E-state index in [2.05, 4.69) is 30.4 Å². The van der Waals surface area contributed by atoms with Gasteiger partial charge in [-0.2, -0.15) is 0 Å². The molecular formula is C17H17NO. The van der Waals surface area contributed by atoms with Gasteiger partial charge in [-0.25, -0.2) is 0 Å². The van der Waals surface area contributed by atoms with Crippen LogP contribution in [0.3, 0.4) is 0 Å². The molecule has 2 aliphatic rings. The fourth-order valence-electron chi connectivity index (χ4n) is 3.40. The van der Waals surface area contributed by atoms with Gasteiger partial charge in [-0.05, 0) is 48.4 Å². The molecule has 2 heteroatoms. The quantitative estimate of drug-likeness (QED) is 0.651. The van der Waals surface area contributed by atoms with E-state index in [9.17, 15) is 0 Å². The Labute approximate surface area is 112 Å². The predicted molar refractivity (Wildman–Crippen MR) is 78.1 cm³/mol. The molecule has 0 spiro atoms. The number of hydrogen-bond donors (Lipinski definition) is 1. The minimum Gasteiger partial charge on any atom is -0.490 e. The van der Waals surface area contributed by atoms with Crippen molar-refractivity contribution in [3.63, 3.8) is 0 Å². The highest BCUT2D eigenvalue weighted by Crippen LogP contribution is 2.41. The predicted octanol–water partition coefficient (Wildman–Crippen LogP) is 3.77. The Balaban J connectivity index is 1.63. The third-order valence-electron chi connectivity index (χ3n) is 4.39. The first-order valence-electron chi connectivity index (χ1n) is 6.93. The van der Waals surface area contributed by atoms with Crippen LogP contribution in [0.2, 0.25) is 0 Å². The standard InChI is InChI=1S/C17H17NO/c18-16-3-1-2-12-10-14(6-7-15(12)16)19-17-9-11-4-5-13(17)8-11/h1-7,10-11,13,17H,8-9,18H2. The summed E-state index contributed by atoms with van der Waals surface area (Å²) < 4.78 is 6.17. The highest BCUT2D eigenvalue weighted by molar-refractivity contribution is 5.93. The number of nitrogens with two attached hydrogens (primary N) is 1. The number of nitrogen functional groups attached to an aromatic ring is 1. The van der Waals surface area contributed by atoms with Crippen molar-refractivity contribution in [3.8, 4) is 5.75 Å². The van der Waals surface area contributed by atoms with Crippen LogP contribution in [0.25, 0.3) is 10.8 Å². The molecule has 96 valence electrons. The van der Waals surface area contributed by atoms with Crippen molar-refractivity contribution in [2.24, 2.45) is 11.8 Å². The summed E-state index contributed by atoms with van der Waals surface area (Å²) in [5.41, 5.74) is 6.80. The van der Waals surface area contributed by atoms with Crippen molar-refractivity contribution in [2.75, 3.05) is 5.73 Å². The van der Waals surface area contributed by atoms with Crippen molar-refractivity contribution < 1.29 is 4.74 Å². The molecule has 0 amide bonds. The summed E-state index contributed by atoms with van der Waals surface area (Å²) in [7, 11) is 0. The van der Waals surface area contributed by atoms with E-state index in [4.69, 9.17) is 10.5 Å². The third-order valence-corrected chi connectivity index (χ3v) is 4.39. The molecule has 2 nitrogen and oxygen atoms in total. The number of allylic oxidation sites excluding steroid dienone is 1. The first kappa shape index (κ1) is 10.9. The molecule has 0 radical (unpaired) electrons. The van der Waals surface area contributed by atoms with Gasteiger partial charge >= 0.3 is 0 Å². The fraction of sp³-hybridized carbons (Fsp3) is 0.294. The molecule has 0 heterocycles. The Morgan fingerprint density at radius 1 is 1.05 bits per heavy atom. The summed E-state index contributed by atoms with van der Waals surface area (Å²) in [6, 6.07) is 12.2. The number of benzene rings is 2. The van der Waals surface area contributed by atoms with Gasteiger partial charge in [0.25, 0.3) is 0 Å². The maximum atomic E-state index is 6.17. The average Bonchev–Trinajstić information content (AvgIpc) is 3.01. The second-order valence-electron chi connectivity index (χ2n) is 5.67. The summed E-state index contributed by atoms with van der Waals surface area (Å²) in [5.74, 6) is 2.32. The third kappa shape index (κ3) is 1.79. The van der Waals surface area contributed by atoms with Gasteiger partial charge in [0.1, 0.15) is 11.9 Å². The molecule has 19 heavy (non-hydrogen) atoms. The number of hydrogen-bond acceptors (Lipinski definition) is 2. The topological polar surface area (TPSA) is 35.2 Å². The molecule has 4 rings (SSSR count). The van der Waals surface area contributed by atoms with Crippen LogP contribution >= 0.6 is 0 Å². The monoisotopic (exact) mass is 251 g/mol. The van der Waals surface area contributed by atoms with Gasteiger partial charge in [-0.1, -0.05) is 24.3 Å². The highest BCUT2D eigenvalue weighted by atomic mass is 16.5. The second-order valence-corrected chi connectivity index (χ2v) is 5.67. The van der Waals surface area contributed by atoms with E-state index < -0.39 is 0 Å². The lowest BCUT2D eigenvalue weighted by Crippen LogP contribution is -2.21. The van der Waals surface area contributed by atoms with Crippen LogP contribution in [0.5, 0.6) is 5.75 Å². The van der Waals surface area contributed by atoms with Crippen molar-refractivity contribution in [1.82, 2.24) is 0 Å². The Morgan fingerprint density at radius 3 is 2.79 bits per heavy atom. The van der Waals surface area contributed by atoms with Crippen LogP contribution in [0.15, 0.2) is 48.6 Å². The van der Waals surface area contributed by atoms with E-state index in [0.717, 1.165) is 34.5 Å². The maximum absolute atomic E-state index is 6.17. The molecule has 0 saturated heterocycles. The Morgan fingerprint density at radius 2 is 2.00 bits per heavy atom. The average molecular weight is 251 g/mol. The van der Waals surface area contributed by atoms with Crippen molar-refractivity contribution in [1.29, 1.82) is 0 Å². The lowest BCUT2D eigenvalue weighted by molar-refractivity contribution is 0.175. The Kier molecular flexibility index (Phi) is 2.31. The zero-order valence-electron chi connectivity index (χ0n) is 10.8. The summed E-state index contributed by atoms with van der Waals surface area (Å²) >= 11 is 0. The number of fused-ring (bicyclic) bond motifs is 3. The molecule has 2 bridgehead atoms. The SMILES string of the molecule is Nc1cccc2cc(OC3CC4C=CC3C4)ccc12. The minimum absolute atomic E-state index is 0.355. The Hall–Kier alpha value is -1.96. The minimum atomic E-state index is 0.355. The summed E-state index contributed by atoms with van der Waals surface area (Å²) in [5, 5.41) is 2.25. The lowest BCUT2D eigenvalue weighted by Gasteiger charge is -2.20. The summed E-state index contributed by atoms with van der Waals surface area (Å²) in [6.45, 7) is 0. The van der Waals surface area contributed by atoms with Gasteiger partial charge in [0.05, 0.1) is 0 Å². The molecule has 0 aliphatic heterocycles. The van der Waals surface area contributed by atoms with Gasteiger partial charge in [0.2, 0.25) is 0 Å². The van der Waals surface area contributed by atoms with Gasteiger partial charge < -0.3 is 10.5 Å². The zero-order chi connectivity index (χ0) is 12.8. The van der Waals surface area contributed by atoms with Crippen molar-refractivity contribution in [3.05, 3.63) is 48.6 Å². The van der Waals surface area contributed by atoms with Crippen LogP contribution in [0.1, 0.15) is 12.8 Å². The molecule has 2 aromatic carbocycles. The summed E-state index contributed by atoms with van der Waals surface area (Å²) in [4.78, 5) is 0. The fourth-order valence-corrected chi connectivity index (χ4v) is 3.40. The van der Waals surface area contributed by atoms with E-state index in [1.807, 2.05) is 18.2 Å². The van der Waals surface area contributed by atoms with Crippen LogP contribution in [0.4, 0.5) is 5.69 Å². The number of rotatable bonds is 2. The van der Waals surface area contributed by atoms with E-state index in [-0.39, 0.29) is 0 Å². The van der Waals surface area contributed by atoms with Crippen molar-refractivity contribution >= 4 is 16.5 Å². The lowest BCUT2D eigenvalue weighted by atomic mass is 10.0. The largest absolute Gasteiger partial charge is 0.490 e. The van der Waals surface area contributed by atoms with Crippen LogP contribution in [-0.2, 0) is 0 Å². The smallest absolute Gasteiger partial charge is 0.120 e. The molecule has 2 aliphatic carbocycles. The van der Waals surface area contributed by atoms with Crippen LogP contribution in [-0.4, -0.2) is 6.10 Å². The molecule has 1 saturated carbocycles. The normalized spacial score (nSPS) is 28.1. The van der Waals surface area contributed by atoms with E-state index in [0.29, 0.717) is 12.0 Å². The molecule has 3 unspecified atom stereocenters. The highest BCUT2D eigenvalue weighted by Gasteiger charge is 2.37. The van der Waals surface area contributed by atoms with Gasteiger partial charge in [-0.15, -0.1) is 0 Å². The summed E-state index contributed by atoms with van der Waals surface area (Å²) in [6.07, 6.45) is 7.44. The van der Waals surface area contributed by atoms with Gasteiger partial charge in [0, 0.05) is 17.0 Å². The Bertz CT molecular complexity index is 661. The molecule has 2 aromatic rings. The molecule has 1 fully saturated rings. The maximum Gasteiger partial charge on any atom is 0.120 e. The van der Waals surface area contributed by atoms with Gasteiger partial charge in [-0.3, -0.25) is 0 Å². The zero-order valence-corrected chi connectivity index (χ0v) is 10.8. The molecular weight excluding hydrogens is 234 g/mol.